The molecule has 0 saturated carbocycles. The standard InChI is InChI=1S/C15H12Br2F2/c1-9-5-10(7-11(16)6-9)13(17)8-12-14(18)3-2-4-15(12)19/h2-7,13H,8H2,1H3. The number of alkyl halides is 1. The highest BCUT2D eigenvalue weighted by molar-refractivity contribution is 9.10. The molecule has 0 N–H and O–H groups in total. The Balaban J connectivity index is 2.28. The lowest BCUT2D eigenvalue weighted by molar-refractivity contribution is 0.554. The molecular formula is C15H12Br2F2. The van der Waals surface area contributed by atoms with Gasteiger partial charge in [0.15, 0.2) is 0 Å². The predicted molar refractivity (Wildman–Crippen MR) is 80.6 cm³/mol. The summed E-state index contributed by atoms with van der Waals surface area (Å²) in [6.45, 7) is 1.98. The van der Waals surface area contributed by atoms with Crippen LogP contribution in [0.1, 0.15) is 21.5 Å². The van der Waals surface area contributed by atoms with Crippen molar-refractivity contribution in [1.82, 2.24) is 0 Å². The zero-order valence-electron chi connectivity index (χ0n) is 10.3. The molecule has 2 rings (SSSR count). The molecule has 0 bridgehead atoms. The molecule has 1 atom stereocenters. The molecule has 0 aromatic heterocycles. The van der Waals surface area contributed by atoms with Gasteiger partial charge in [0.1, 0.15) is 11.6 Å². The summed E-state index contributed by atoms with van der Waals surface area (Å²) in [5.41, 5.74) is 2.21. The molecule has 100 valence electrons. The van der Waals surface area contributed by atoms with Gasteiger partial charge in [-0.3, -0.25) is 0 Å². The summed E-state index contributed by atoms with van der Waals surface area (Å²) in [5, 5.41) is 0. The highest BCUT2D eigenvalue weighted by Gasteiger charge is 2.15. The van der Waals surface area contributed by atoms with Crippen LogP contribution in [0.2, 0.25) is 0 Å². The summed E-state index contributed by atoms with van der Waals surface area (Å²) in [6, 6.07) is 9.89. The zero-order valence-corrected chi connectivity index (χ0v) is 13.4. The molecule has 2 aromatic rings. The Morgan fingerprint density at radius 2 is 1.74 bits per heavy atom. The molecule has 4 heteroatoms. The normalized spacial score (nSPS) is 12.5. The van der Waals surface area contributed by atoms with Gasteiger partial charge in [-0.2, -0.15) is 0 Å². The Kier molecular flexibility index (Phi) is 4.74. The fourth-order valence-electron chi connectivity index (χ4n) is 1.97. The first-order chi connectivity index (χ1) is 8.97. The minimum Gasteiger partial charge on any atom is -0.207 e. The summed E-state index contributed by atoms with van der Waals surface area (Å²) < 4.78 is 28.2. The van der Waals surface area contributed by atoms with Crippen molar-refractivity contribution in [3.63, 3.8) is 0 Å². The fraction of sp³-hybridized carbons (Fsp3) is 0.200. The molecule has 0 saturated heterocycles. The van der Waals surface area contributed by atoms with Crippen molar-refractivity contribution in [1.29, 1.82) is 0 Å². The topological polar surface area (TPSA) is 0 Å². The molecule has 0 aliphatic rings. The summed E-state index contributed by atoms with van der Waals surface area (Å²) >= 11 is 6.93. The van der Waals surface area contributed by atoms with Crippen molar-refractivity contribution in [2.24, 2.45) is 0 Å². The van der Waals surface area contributed by atoms with E-state index in [2.05, 4.69) is 31.9 Å². The van der Waals surface area contributed by atoms with E-state index in [0.717, 1.165) is 15.6 Å². The Hall–Kier alpha value is -0.740. The minimum absolute atomic E-state index is 0.113. The third-order valence-electron chi connectivity index (χ3n) is 2.87. The van der Waals surface area contributed by atoms with Crippen LogP contribution in [-0.4, -0.2) is 0 Å². The molecule has 0 spiro atoms. The molecule has 0 nitrogen and oxygen atoms in total. The zero-order chi connectivity index (χ0) is 14.0. The molecular weight excluding hydrogens is 378 g/mol. The van der Waals surface area contributed by atoms with Crippen molar-refractivity contribution in [2.75, 3.05) is 0 Å². The van der Waals surface area contributed by atoms with Gasteiger partial charge >= 0.3 is 0 Å². The number of hydrogen-bond donors (Lipinski definition) is 0. The second-order valence-electron chi connectivity index (χ2n) is 4.43. The van der Waals surface area contributed by atoms with Crippen molar-refractivity contribution < 1.29 is 8.78 Å². The van der Waals surface area contributed by atoms with E-state index < -0.39 is 11.6 Å². The highest BCUT2D eigenvalue weighted by Crippen LogP contribution is 2.31. The predicted octanol–water partition coefficient (Wildman–Crippen LogP) is 5.71. The lowest BCUT2D eigenvalue weighted by atomic mass is 10.0. The van der Waals surface area contributed by atoms with Crippen molar-refractivity contribution >= 4 is 31.9 Å². The van der Waals surface area contributed by atoms with E-state index in [9.17, 15) is 8.78 Å². The highest BCUT2D eigenvalue weighted by atomic mass is 79.9. The van der Waals surface area contributed by atoms with E-state index in [1.54, 1.807) is 0 Å². The molecule has 0 aliphatic carbocycles. The summed E-state index contributed by atoms with van der Waals surface area (Å²) in [4.78, 5) is -0.130. The largest absolute Gasteiger partial charge is 0.207 e. The van der Waals surface area contributed by atoms with E-state index in [0.29, 0.717) is 0 Å². The van der Waals surface area contributed by atoms with Crippen LogP contribution in [0.4, 0.5) is 8.78 Å². The molecule has 0 fully saturated rings. The average Bonchev–Trinajstić information content (AvgIpc) is 2.32. The number of hydrogen-bond acceptors (Lipinski definition) is 0. The van der Waals surface area contributed by atoms with Crippen LogP contribution < -0.4 is 0 Å². The molecule has 0 heterocycles. The second-order valence-corrected chi connectivity index (χ2v) is 6.45. The lowest BCUT2D eigenvalue weighted by Crippen LogP contribution is -2.01. The molecule has 1 unspecified atom stereocenters. The molecule has 2 aromatic carbocycles. The maximum atomic E-state index is 13.6. The summed E-state index contributed by atoms with van der Waals surface area (Å²) in [5.74, 6) is -1.01. The Morgan fingerprint density at radius 1 is 1.11 bits per heavy atom. The lowest BCUT2D eigenvalue weighted by Gasteiger charge is -2.13. The quantitative estimate of drug-likeness (QED) is 0.589. The first-order valence-corrected chi connectivity index (χ1v) is 7.52. The van der Waals surface area contributed by atoms with E-state index in [1.165, 1.54) is 18.2 Å². The average molecular weight is 390 g/mol. The third kappa shape index (κ3) is 3.63. The van der Waals surface area contributed by atoms with E-state index >= 15 is 0 Å². The number of rotatable bonds is 3. The van der Waals surface area contributed by atoms with Gasteiger partial charge < -0.3 is 0 Å². The molecule has 0 amide bonds. The van der Waals surface area contributed by atoms with Crippen molar-refractivity contribution in [3.8, 4) is 0 Å². The number of aryl methyl sites for hydroxylation is 1. The Bertz CT molecular complexity index is 556. The molecule has 0 radical (unpaired) electrons. The van der Waals surface area contributed by atoms with Gasteiger partial charge in [-0.15, -0.1) is 0 Å². The van der Waals surface area contributed by atoms with Gasteiger partial charge in [0.25, 0.3) is 0 Å². The minimum atomic E-state index is -0.504. The van der Waals surface area contributed by atoms with Gasteiger partial charge in [0.05, 0.1) is 0 Å². The van der Waals surface area contributed by atoms with Gasteiger partial charge in [-0.05, 0) is 48.7 Å². The van der Waals surface area contributed by atoms with Crippen LogP contribution in [0.5, 0.6) is 0 Å². The summed E-state index contributed by atoms with van der Waals surface area (Å²) in [6.07, 6.45) is 0.272. The van der Waals surface area contributed by atoms with E-state index in [4.69, 9.17) is 0 Å². The Morgan fingerprint density at radius 3 is 2.32 bits per heavy atom. The summed E-state index contributed by atoms with van der Waals surface area (Å²) in [7, 11) is 0. The van der Waals surface area contributed by atoms with Crippen LogP contribution in [0.3, 0.4) is 0 Å². The fourth-order valence-corrected chi connectivity index (χ4v) is 3.18. The van der Waals surface area contributed by atoms with Gasteiger partial charge in [-0.25, -0.2) is 8.78 Å². The van der Waals surface area contributed by atoms with E-state index in [-0.39, 0.29) is 16.8 Å². The SMILES string of the molecule is Cc1cc(Br)cc(C(Br)Cc2c(F)cccc2F)c1. The smallest absolute Gasteiger partial charge is 0.129 e. The van der Waals surface area contributed by atoms with Crippen LogP contribution in [-0.2, 0) is 6.42 Å². The van der Waals surface area contributed by atoms with Crippen molar-refractivity contribution in [3.05, 3.63) is 69.2 Å². The van der Waals surface area contributed by atoms with E-state index in [1.807, 2.05) is 25.1 Å². The first-order valence-electron chi connectivity index (χ1n) is 5.81. The van der Waals surface area contributed by atoms with Crippen LogP contribution >= 0.6 is 31.9 Å². The van der Waals surface area contributed by atoms with Gasteiger partial charge in [-0.1, -0.05) is 44.0 Å². The maximum Gasteiger partial charge on any atom is 0.129 e. The van der Waals surface area contributed by atoms with Crippen molar-refractivity contribution in [2.45, 2.75) is 18.2 Å². The molecule has 0 aliphatic heterocycles. The number of benzene rings is 2. The monoisotopic (exact) mass is 388 g/mol. The van der Waals surface area contributed by atoms with Gasteiger partial charge in [0.2, 0.25) is 0 Å². The molecule has 19 heavy (non-hydrogen) atoms. The second kappa shape index (κ2) is 6.14. The Labute approximate surface area is 128 Å². The van der Waals surface area contributed by atoms with Gasteiger partial charge in [0, 0.05) is 14.9 Å². The third-order valence-corrected chi connectivity index (χ3v) is 4.18. The van der Waals surface area contributed by atoms with Crippen LogP contribution in [0.15, 0.2) is 40.9 Å². The maximum absolute atomic E-state index is 13.6. The first kappa shape index (κ1) is 14.7. The van der Waals surface area contributed by atoms with Crippen LogP contribution in [0, 0.1) is 18.6 Å². The van der Waals surface area contributed by atoms with Crippen LogP contribution in [0.25, 0.3) is 0 Å². The number of halogens is 4.